The molecular formula is C18H19F4NO3. The van der Waals surface area contributed by atoms with Gasteiger partial charge in [-0.1, -0.05) is 25.0 Å². The van der Waals surface area contributed by atoms with Gasteiger partial charge in [0.2, 0.25) is 5.91 Å². The number of alkyl halides is 3. The van der Waals surface area contributed by atoms with E-state index in [4.69, 9.17) is 0 Å². The van der Waals surface area contributed by atoms with Crippen LogP contribution in [-0.2, 0) is 15.0 Å². The number of nitrogens with zero attached hydrogens (tertiary/aromatic N) is 1. The maximum atomic E-state index is 13.4. The van der Waals surface area contributed by atoms with E-state index in [9.17, 15) is 32.3 Å². The maximum Gasteiger partial charge on any atom is 0.406 e. The summed E-state index contributed by atoms with van der Waals surface area (Å²) in [6.07, 6.45) is -3.20. The van der Waals surface area contributed by atoms with Gasteiger partial charge < -0.3 is 10.0 Å². The third-order valence-electron chi connectivity index (χ3n) is 5.77. The number of hydrogen-bond donors (Lipinski definition) is 1. The van der Waals surface area contributed by atoms with Crippen LogP contribution >= 0.6 is 0 Å². The van der Waals surface area contributed by atoms with Gasteiger partial charge in [-0.05, 0) is 37.0 Å². The molecule has 1 saturated heterocycles. The lowest BCUT2D eigenvalue weighted by Crippen LogP contribution is -2.50. The van der Waals surface area contributed by atoms with Crippen molar-refractivity contribution in [1.82, 2.24) is 4.90 Å². The molecule has 1 heterocycles. The lowest BCUT2D eigenvalue weighted by Gasteiger charge is -2.34. The van der Waals surface area contributed by atoms with Gasteiger partial charge in [0.25, 0.3) is 0 Å². The van der Waals surface area contributed by atoms with E-state index in [2.05, 4.69) is 0 Å². The van der Waals surface area contributed by atoms with Crippen molar-refractivity contribution in [3.05, 3.63) is 35.6 Å². The van der Waals surface area contributed by atoms with Crippen LogP contribution in [0.4, 0.5) is 17.6 Å². The van der Waals surface area contributed by atoms with Crippen molar-refractivity contribution < 1.29 is 32.3 Å². The summed E-state index contributed by atoms with van der Waals surface area (Å²) in [5.74, 6) is -2.91. The predicted octanol–water partition coefficient (Wildman–Crippen LogP) is 3.50. The molecule has 1 atom stereocenters. The molecule has 8 heteroatoms. The van der Waals surface area contributed by atoms with Crippen molar-refractivity contribution in [2.75, 3.05) is 13.1 Å². The highest BCUT2D eigenvalue weighted by atomic mass is 19.4. The Labute approximate surface area is 147 Å². The summed E-state index contributed by atoms with van der Waals surface area (Å²) in [4.78, 5) is 25.5. The van der Waals surface area contributed by atoms with Crippen LogP contribution in [0.15, 0.2) is 24.3 Å². The van der Waals surface area contributed by atoms with Crippen molar-refractivity contribution in [3.8, 4) is 0 Å². The second kappa shape index (κ2) is 6.25. The molecule has 1 aliphatic carbocycles. The SMILES string of the molecule is O=C(N1CCC(C(=O)O)(C(F)(F)F)C1)C1(c2ccc(F)cc2)CCCC1. The molecule has 1 aliphatic heterocycles. The van der Waals surface area contributed by atoms with Crippen LogP contribution in [0.3, 0.4) is 0 Å². The summed E-state index contributed by atoms with van der Waals surface area (Å²) in [5, 5.41) is 9.18. The molecule has 3 rings (SSSR count). The van der Waals surface area contributed by atoms with Crippen LogP contribution in [0.2, 0.25) is 0 Å². The van der Waals surface area contributed by atoms with Crippen LogP contribution in [-0.4, -0.2) is 41.1 Å². The molecule has 4 nitrogen and oxygen atoms in total. The van der Waals surface area contributed by atoms with Crippen molar-refractivity contribution in [1.29, 1.82) is 0 Å². The average molecular weight is 373 g/mol. The largest absolute Gasteiger partial charge is 0.481 e. The van der Waals surface area contributed by atoms with E-state index in [-0.39, 0.29) is 6.54 Å². The zero-order valence-corrected chi connectivity index (χ0v) is 14.0. The number of carbonyl (C=O) groups is 2. The minimum absolute atomic E-state index is 0.256. The summed E-state index contributed by atoms with van der Waals surface area (Å²) in [5.41, 5.74) is -3.36. The lowest BCUT2D eigenvalue weighted by molar-refractivity contribution is -0.227. The number of halogens is 4. The molecule has 1 aromatic rings. The van der Waals surface area contributed by atoms with E-state index < -0.39 is 47.7 Å². The highest BCUT2D eigenvalue weighted by molar-refractivity contribution is 5.90. The minimum Gasteiger partial charge on any atom is -0.481 e. The van der Waals surface area contributed by atoms with E-state index in [1.54, 1.807) is 0 Å². The van der Waals surface area contributed by atoms with E-state index in [0.717, 1.165) is 17.7 Å². The van der Waals surface area contributed by atoms with E-state index >= 15 is 0 Å². The van der Waals surface area contributed by atoms with Gasteiger partial charge in [-0.25, -0.2) is 4.39 Å². The van der Waals surface area contributed by atoms with Crippen molar-refractivity contribution in [2.24, 2.45) is 5.41 Å². The summed E-state index contributed by atoms with van der Waals surface area (Å²) in [6.45, 7) is -1.14. The molecular weight excluding hydrogens is 354 g/mol. The number of amides is 1. The maximum absolute atomic E-state index is 13.4. The predicted molar refractivity (Wildman–Crippen MR) is 83.9 cm³/mol. The van der Waals surface area contributed by atoms with Crippen LogP contribution in [0.25, 0.3) is 0 Å². The number of carbonyl (C=O) groups excluding carboxylic acids is 1. The number of carboxylic acids is 1. The van der Waals surface area contributed by atoms with Gasteiger partial charge >= 0.3 is 12.1 Å². The van der Waals surface area contributed by atoms with Gasteiger partial charge in [0.05, 0.1) is 5.41 Å². The quantitative estimate of drug-likeness (QED) is 0.825. The number of aliphatic carboxylic acids is 1. The first-order chi connectivity index (χ1) is 12.1. The van der Waals surface area contributed by atoms with E-state index in [1.807, 2.05) is 0 Å². The third kappa shape index (κ3) is 2.75. The second-order valence-electron chi connectivity index (χ2n) is 7.16. The molecule has 1 saturated carbocycles. The van der Waals surface area contributed by atoms with Crippen LogP contribution in [0.5, 0.6) is 0 Å². The Hall–Kier alpha value is -2.12. The minimum atomic E-state index is -4.94. The summed E-state index contributed by atoms with van der Waals surface area (Å²) >= 11 is 0. The Morgan fingerprint density at radius 1 is 1.04 bits per heavy atom. The van der Waals surface area contributed by atoms with Crippen molar-refractivity contribution >= 4 is 11.9 Å². The molecule has 0 aromatic heterocycles. The molecule has 0 bridgehead atoms. The Morgan fingerprint density at radius 2 is 1.62 bits per heavy atom. The molecule has 26 heavy (non-hydrogen) atoms. The Kier molecular flexibility index (Phi) is 4.48. The summed E-state index contributed by atoms with van der Waals surface area (Å²) in [6, 6.07) is 5.43. The fourth-order valence-electron chi connectivity index (χ4n) is 4.19. The lowest BCUT2D eigenvalue weighted by atomic mass is 9.77. The molecule has 0 spiro atoms. The molecule has 1 unspecified atom stereocenters. The molecule has 2 aliphatic rings. The summed E-state index contributed by atoms with van der Waals surface area (Å²) < 4.78 is 53.4. The smallest absolute Gasteiger partial charge is 0.406 e. The van der Waals surface area contributed by atoms with E-state index in [1.165, 1.54) is 24.3 Å². The van der Waals surface area contributed by atoms with Gasteiger partial charge in [-0.15, -0.1) is 0 Å². The molecule has 1 N–H and O–H groups in total. The number of carboxylic acid groups (broad SMARTS) is 1. The molecule has 1 aromatic carbocycles. The van der Waals surface area contributed by atoms with Crippen LogP contribution in [0, 0.1) is 11.2 Å². The van der Waals surface area contributed by atoms with Gasteiger partial charge in [0.1, 0.15) is 5.82 Å². The van der Waals surface area contributed by atoms with Crippen molar-refractivity contribution in [3.63, 3.8) is 0 Å². The Bertz CT molecular complexity index is 710. The monoisotopic (exact) mass is 373 g/mol. The first kappa shape index (κ1) is 18.7. The first-order valence-electron chi connectivity index (χ1n) is 8.48. The number of likely N-dealkylation sites (tertiary alicyclic amines) is 1. The van der Waals surface area contributed by atoms with Crippen LogP contribution < -0.4 is 0 Å². The van der Waals surface area contributed by atoms with Crippen LogP contribution in [0.1, 0.15) is 37.7 Å². The molecule has 1 amide bonds. The molecule has 2 fully saturated rings. The van der Waals surface area contributed by atoms with Crippen molar-refractivity contribution in [2.45, 2.75) is 43.7 Å². The first-order valence-corrected chi connectivity index (χ1v) is 8.48. The highest BCUT2D eigenvalue weighted by Gasteiger charge is 2.65. The fourth-order valence-corrected chi connectivity index (χ4v) is 4.19. The Balaban J connectivity index is 1.92. The zero-order chi connectivity index (χ0) is 19.2. The van der Waals surface area contributed by atoms with Gasteiger partial charge in [-0.3, -0.25) is 9.59 Å². The fraction of sp³-hybridized carbons (Fsp3) is 0.556. The third-order valence-corrected chi connectivity index (χ3v) is 5.77. The number of hydrogen-bond acceptors (Lipinski definition) is 2. The van der Waals surface area contributed by atoms with E-state index in [0.29, 0.717) is 18.4 Å². The average Bonchev–Trinajstić information content (AvgIpc) is 3.23. The standard InChI is InChI=1S/C18H19F4NO3/c19-13-5-3-12(4-6-13)16(7-1-2-8-16)14(24)23-10-9-17(11-23,15(25)26)18(20,21)22/h3-6H,1-2,7-11H2,(H,25,26). The van der Waals surface area contributed by atoms with Gasteiger partial charge in [0, 0.05) is 13.1 Å². The van der Waals surface area contributed by atoms with Gasteiger partial charge in [-0.2, -0.15) is 13.2 Å². The normalized spacial score (nSPS) is 25.5. The number of benzene rings is 1. The number of rotatable bonds is 3. The summed E-state index contributed by atoms with van der Waals surface area (Å²) in [7, 11) is 0. The second-order valence-corrected chi connectivity index (χ2v) is 7.16. The Morgan fingerprint density at radius 3 is 2.08 bits per heavy atom. The molecule has 0 radical (unpaired) electrons. The highest BCUT2D eigenvalue weighted by Crippen LogP contribution is 2.49. The van der Waals surface area contributed by atoms with Gasteiger partial charge in [0.15, 0.2) is 5.41 Å². The topological polar surface area (TPSA) is 57.6 Å². The zero-order valence-electron chi connectivity index (χ0n) is 14.0. The molecule has 142 valence electrons.